The normalized spacial score (nSPS) is 59.4. The van der Waals surface area contributed by atoms with Crippen molar-refractivity contribution in [2.24, 2.45) is 0 Å². The molecule has 0 bridgehead atoms. The maximum Gasteiger partial charge on any atom is 0.0484 e. The fraction of sp³-hybridized carbons (Fsp3) is 0.750. The molecule has 2 rings (SSSR count). The fourth-order valence-corrected chi connectivity index (χ4v) is 1.32. The highest BCUT2D eigenvalue weighted by atomic mass is 32.2. The third-order valence-corrected chi connectivity index (χ3v) is 2.75. The molecule has 1 unspecified atom stereocenters. The molecule has 1 radical (unpaired) electrons. The van der Waals surface area contributed by atoms with E-state index in [2.05, 4.69) is 6.92 Å². The third-order valence-electron chi connectivity index (χ3n) is 1.27. The summed E-state index contributed by atoms with van der Waals surface area (Å²) in [4.78, 5) is 0. The van der Waals surface area contributed by atoms with Gasteiger partial charge in [-0.1, -0.05) is 0 Å². The SMILES string of the molecule is CC12C[C]1S2. The van der Waals surface area contributed by atoms with E-state index in [-0.39, 0.29) is 0 Å². The monoisotopic (exact) mass is 85.0 g/mol. The molecule has 0 spiro atoms. The summed E-state index contributed by atoms with van der Waals surface area (Å²) < 4.78 is 0.750. The van der Waals surface area contributed by atoms with E-state index in [1.54, 1.807) is 5.25 Å². The second-order valence-corrected chi connectivity index (χ2v) is 3.53. The Morgan fingerprint density at radius 2 is 2.20 bits per heavy atom. The van der Waals surface area contributed by atoms with Gasteiger partial charge in [-0.15, -0.1) is 11.8 Å². The molecule has 0 N–H and O–H groups in total. The Bertz CT molecular complexity index is 71.7. The molecular formula is C4H5S. The van der Waals surface area contributed by atoms with Gasteiger partial charge in [0.1, 0.15) is 0 Å². The minimum absolute atomic E-state index is 0.750. The van der Waals surface area contributed by atoms with Crippen LogP contribution in [0.15, 0.2) is 0 Å². The van der Waals surface area contributed by atoms with Gasteiger partial charge >= 0.3 is 0 Å². The summed E-state index contributed by atoms with van der Waals surface area (Å²) in [7, 11) is 0. The standard InChI is InChI=1S/C4H5S/c1-4-2-3(4)5-4/h2H2,1H3. The van der Waals surface area contributed by atoms with Crippen molar-refractivity contribution in [1.29, 1.82) is 0 Å². The van der Waals surface area contributed by atoms with Crippen molar-refractivity contribution in [2.75, 3.05) is 0 Å². The van der Waals surface area contributed by atoms with E-state index in [0.717, 1.165) is 4.75 Å². The van der Waals surface area contributed by atoms with Crippen LogP contribution in [0.25, 0.3) is 0 Å². The Morgan fingerprint density at radius 1 is 2.00 bits per heavy atom. The Morgan fingerprint density at radius 3 is 2.20 bits per heavy atom. The van der Waals surface area contributed by atoms with Crippen LogP contribution in [0.4, 0.5) is 0 Å². The van der Waals surface area contributed by atoms with Crippen LogP contribution in [-0.4, -0.2) is 4.75 Å². The molecule has 1 aliphatic carbocycles. The predicted molar refractivity (Wildman–Crippen MR) is 23.9 cm³/mol. The summed E-state index contributed by atoms with van der Waals surface area (Å²) in [5.41, 5.74) is 0. The molecule has 0 nitrogen and oxygen atoms in total. The molecule has 2 aliphatic rings. The maximum absolute atomic E-state index is 2.30. The lowest BCUT2D eigenvalue weighted by Crippen LogP contribution is -1.71. The van der Waals surface area contributed by atoms with Crippen molar-refractivity contribution in [2.45, 2.75) is 18.1 Å². The van der Waals surface area contributed by atoms with Gasteiger partial charge in [-0.3, -0.25) is 0 Å². The molecule has 1 saturated carbocycles. The predicted octanol–water partition coefficient (Wildman–Crippen LogP) is 1.43. The molecule has 1 atom stereocenters. The van der Waals surface area contributed by atoms with Gasteiger partial charge in [-0.2, -0.15) is 0 Å². The van der Waals surface area contributed by atoms with Gasteiger partial charge in [0.05, 0.1) is 0 Å². The van der Waals surface area contributed by atoms with Gasteiger partial charge in [0.25, 0.3) is 0 Å². The average Bonchev–Trinajstić information content (AvgIpc) is 1.74. The Kier molecular flexibility index (Phi) is 0.190. The zero-order valence-corrected chi connectivity index (χ0v) is 3.93. The minimum Gasteiger partial charge on any atom is -0.144 e. The number of rotatable bonds is 0. The van der Waals surface area contributed by atoms with Crippen molar-refractivity contribution in [1.82, 2.24) is 0 Å². The maximum atomic E-state index is 2.30. The van der Waals surface area contributed by atoms with Crippen molar-refractivity contribution < 1.29 is 0 Å². The van der Waals surface area contributed by atoms with Crippen molar-refractivity contribution in [3.05, 3.63) is 5.25 Å². The topological polar surface area (TPSA) is 0 Å². The summed E-state index contributed by atoms with van der Waals surface area (Å²) >= 11 is 2.04. The first kappa shape index (κ1) is 2.51. The molecule has 0 aromatic rings. The highest BCUT2D eigenvalue weighted by molar-refractivity contribution is 8.13. The first-order chi connectivity index (χ1) is 2.31. The van der Waals surface area contributed by atoms with Crippen molar-refractivity contribution in [3.63, 3.8) is 0 Å². The van der Waals surface area contributed by atoms with Crippen LogP contribution < -0.4 is 0 Å². The third kappa shape index (κ3) is 0.158. The lowest BCUT2D eigenvalue weighted by atomic mass is 10.5. The van der Waals surface area contributed by atoms with Crippen LogP contribution in [0.3, 0.4) is 0 Å². The zero-order valence-electron chi connectivity index (χ0n) is 3.12. The Labute approximate surface area is 35.9 Å². The number of thioether (sulfide) groups is 1. The lowest BCUT2D eigenvalue weighted by molar-refractivity contribution is 1.12. The molecule has 1 aliphatic heterocycles. The van der Waals surface area contributed by atoms with Crippen LogP contribution in [0.1, 0.15) is 13.3 Å². The minimum atomic E-state index is 0.750. The highest BCUT2D eigenvalue weighted by Gasteiger charge is 2.68. The molecule has 0 amide bonds. The van der Waals surface area contributed by atoms with Gasteiger partial charge in [0.2, 0.25) is 0 Å². The molecular weight excluding hydrogens is 80.1 g/mol. The van der Waals surface area contributed by atoms with Gasteiger partial charge in [-0.25, -0.2) is 0 Å². The molecule has 1 heterocycles. The van der Waals surface area contributed by atoms with Crippen molar-refractivity contribution >= 4 is 11.8 Å². The molecule has 5 heavy (non-hydrogen) atoms. The molecule has 2 fully saturated rings. The second-order valence-electron chi connectivity index (χ2n) is 1.93. The van der Waals surface area contributed by atoms with Crippen LogP contribution >= 0.6 is 11.8 Å². The quantitative estimate of drug-likeness (QED) is 0.401. The van der Waals surface area contributed by atoms with Crippen LogP contribution in [0.5, 0.6) is 0 Å². The first-order valence-corrected chi connectivity index (χ1v) is 2.68. The smallest absolute Gasteiger partial charge is 0.0484 e. The lowest BCUT2D eigenvalue weighted by Gasteiger charge is -1.78. The molecule has 1 saturated heterocycles. The summed E-state index contributed by atoms with van der Waals surface area (Å²) in [5, 5.41) is 1.73. The largest absolute Gasteiger partial charge is 0.144 e. The fourth-order valence-electron chi connectivity index (χ4n) is 0.500. The van der Waals surface area contributed by atoms with Gasteiger partial charge in [0.15, 0.2) is 0 Å². The van der Waals surface area contributed by atoms with E-state index in [1.807, 2.05) is 11.8 Å². The summed E-state index contributed by atoms with van der Waals surface area (Å²) in [6.45, 7) is 2.30. The van der Waals surface area contributed by atoms with E-state index in [0.29, 0.717) is 0 Å². The molecule has 27 valence electrons. The summed E-state index contributed by atoms with van der Waals surface area (Å²) in [6.07, 6.45) is 1.43. The number of fused-ring (bicyclic) bond motifs is 1. The number of hydrogen-bond acceptors (Lipinski definition) is 1. The first-order valence-electron chi connectivity index (χ1n) is 1.87. The molecule has 1 heteroatoms. The Hall–Kier alpha value is 0.350. The summed E-state index contributed by atoms with van der Waals surface area (Å²) in [5.74, 6) is 0. The van der Waals surface area contributed by atoms with Crippen LogP contribution in [-0.2, 0) is 0 Å². The van der Waals surface area contributed by atoms with Crippen molar-refractivity contribution in [3.8, 4) is 0 Å². The zero-order chi connectivity index (χ0) is 3.49. The second kappa shape index (κ2) is 0.379. The van der Waals surface area contributed by atoms with Gasteiger partial charge in [0, 0.05) is 10.00 Å². The van der Waals surface area contributed by atoms with E-state index in [1.165, 1.54) is 6.42 Å². The molecule has 0 aromatic carbocycles. The van der Waals surface area contributed by atoms with Crippen LogP contribution in [0, 0.1) is 5.25 Å². The van der Waals surface area contributed by atoms with E-state index < -0.39 is 0 Å². The van der Waals surface area contributed by atoms with E-state index in [4.69, 9.17) is 0 Å². The molecule has 0 aromatic heterocycles. The summed E-state index contributed by atoms with van der Waals surface area (Å²) in [6, 6.07) is 0. The van der Waals surface area contributed by atoms with Crippen LogP contribution in [0.2, 0.25) is 0 Å². The highest BCUT2D eigenvalue weighted by Crippen LogP contribution is 2.81. The average molecular weight is 85.2 g/mol. The number of hydrogen-bond donors (Lipinski definition) is 0. The van der Waals surface area contributed by atoms with E-state index >= 15 is 0 Å². The Balaban J connectivity index is 2.37. The van der Waals surface area contributed by atoms with E-state index in [9.17, 15) is 0 Å². The van der Waals surface area contributed by atoms with Gasteiger partial charge < -0.3 is 0 Å². The van der Waals surface area contributed by atoms with Gasteiger partial charge in [-0.05, 0) is 13.3 Å².